The molecule has 2 heterocycles. The van der Waals surface area contributed by atoms with Crippen LogP contribution in [0, 0.1) is 0 Å². The predicted octanol–water partition coefficient (Wildman–Crippen LogP) is 5.01. The maximum Gasteiger partial charge on any atom is 0.416 e. The Labute approximate surface area is 179 Å². The number of oxazole rings is 1. The van der Waals surface area contributed by atoms with Gasteiger partial charge in [-0.25, -0.2) is 15.0 Å². The van der Waals surface area contributed by atoms with Gasteiger partial charge in [-0.3, -0.25) is 4.79 Å². The van der Waals surface area contributed by atoms with Crippen molar-refractivity contribution in [3.63, 3.8) is 0 Å². The first-order valence-corrected chi connectivity index (χ1v) is 9.23. The second kappa shape index (κ2) is 8.96. The van der Waals surface area contributed by atoms with Crippen LogP contribution in [0.5, 0.6) is 5.75 Å². The van der Waals surface area contributed by atoms with Crippen molar-refractivity contribution < 1.29 is 35.9 Å². The van der Waals surface area contributed by atoms with Crippen molar-refractivity contribution in [2.75, 3.05) is 0 Å². The summed E-state index contributed by atoms with van der Waals surface area (Å²) < 4.78 is 73.0. The van der Waals surface area contributed by atoms with E-state index in [2.05, 4.69) is 40.9 Å². The highest BCUT2D eigenvalue weighted by Crippen LogP contribution is 2.32. The van der Waals surface area contributed by atoms with Crippen molar-refractivity contribution in [3.05, 3.63) is 58.3 Å². The van der Waals surface area contributed by atoms with Gasteiger partial charge >= 0.3 is 12.8 Å². The highest BCUT2D eigenvalue weighted by atomic mass is 79.9. The average Bonchev–Trinajstić information content (AvgIpc) is 3.17. The minimum Gasteiger partial charge on any atom is -0.446 e. The first-order valence-electron chi connectivity index (χ1n) is 8.44. The van der Waals surface area contributed by atoms with Crippen LogP contribution in [0.2, 0.25) is 0 Å². The number of benzene rings is 1. The van der Waals surface area contributed by atoms with E-state index in [4.69, 9.17) is 4.42 Å². The number of amides is 1. The molecule has 3 rings (SSSR count). The molecule has 1 aromatic carbocycles. The van der Waals surface area contributed by atoms with E-state index in [-0.39, 0.29) is 33.1 Å². The van der Waals surface area contributed by atoms with Gasteiger partial charge in [0.05, 0.1) is 24.0 Å². The van der Waals surface area contributed by atoms with Crippen LogP contribution in [-0.4, -0.2) is 27.5 Å². The standard InChI is InChI=1S/C18H12BrF5N4O3/c1-8(28-16(29)9-2-10(18(22,23)24)4-11(19)3-9)14-13(27-7-30-14)15-25-5-12(6-26-15)31-17(20)21/h2-8,17H,1H3,(H,28,29). The zero-order valence-corrected chi connectivity index (χ0v) is 17.0. The van der Waals surface area contributed by atoms with Crippen LogP contribution >= 0.6 is 15.9 Å². The van der Waals surface area contributed by atoms with Crippen molar-refractivity contribution in [2.45, 2.75) is 25.8 Å². The summed E-state index contributed by atoms with van der Waals surface area (Å²) >= 11 is 2.96. The molecule has 0 aliphatic heterocycles. The molecule has 0 radical (unpaired) electrons. The number of nitrogens with zero attached hydrogens (tertiary/aromatic N) is 3. The van der Waals surface area contributed by atoms with Gasteiger partial charge in [0.25, 0.3) is 5.91 Å². The van der Waals surface area contributed by atoms with E-state index in [9.17, 15) is 26.7 Å². The highest BCUT2D eigenvalue weighted by Gasteiger charge is 2.32. The fraction of sp³-hybridized carbons (Fsp3) is 0.222. The van der Waals surface area contributed by atoms with Crippen molar-refractivity contribution >= 4 is 21.8 Å². The lowest BCUT2D eigenvalue weighted by Gasteiger charge is -2.14. The molecule has 7 nitrogen and oxygen atoms in total. The first kappa shape index (κ1) is 22.6. The number of carbonyl (C=O) groups excluding carboxylic acids is 1. The number of hydrogen-bond donors (Lipinski definition) is 1. The third-order valence-corrected chi connectivity index (χ3v) is 4.35. The summed E-state index contributed by atoms with van der Waals surface area (Å²) in [7, 11) is 0. The highest BCUT2D eigenvalue weighted by molar-refractivity contribution is 9.10. The van der Waals surface area contributed by atoms with Gasteiger partial charge in [-0.2, -0.15) is 22.0 Å². The van der Waals surface area contributed by atoms with Crippen LogP contribution in [-0.2, 0) is 6.18 Å². The summed E-state index contributed by atoms with van der Waals surface area (Å²) in [5, 5.41) is 2.51. The molecule has 31 heavy (non-hydrogen) atoms. The maximum absolute atomic E-state index is 13.0. The van der Waals surface area contributed by atoms with Crippen LogP contribution < -0.4 is 10.1 Å². The number of hydrogen-bond acceptors (Lipinski definition) is 6. The molecule has 1 amide bonds. The number of alkyl halides is 5. The van der Waals surface area contributed by atoms with E-state index in [1.165, 1.54) is 13.0 Å². The molecule has 1 N–H and O–H groups in total. The topological polar surface area (TPSA) is 90.1 Å². The van der Waals surface area contributed by atoms with Gasteiger partial charge in [-0.05, 0) is 25.1 Å². The molecule has 0 fully saturated rings. The molecule has 0 bridgehead atoms. The second-order valence-electron chi connectivity index (χ2n) is 6.11. The molecule has 1 atom stereocenters. The van der Waals surface area contributed by atoms with E-state index >= 15 is 0 Å². The SMILES string of the molecule is CC(NC(=O)c1cc(Br)cc(C(F)(F)F)c1)c1ocnc1-c1ncc(OC(F)F)cn1. The molecular weight excluding hydrogens is 495 g/mol. The Balaban J connectivity index is 1.80. The third-order valence-electron chi connectivity index (χ3n) is 3.89. The molecule has 2 aromatic heterocycles. The Hall–Kier alpha value is -3.09. The zero-order valence-electron chi connectivity index (χ0n) is 15.5. The smallest absolute Gasteiger partial charge is 0.416 e. The number of ether oxygens (including phenoxy) is 1. The zero-order chi connectivity index (χ0) is 22.8. The van der Waals surface area contributed by atoms with Crippen LogP contribution in [0.15, 0.2) is 45.9 Å². The molecule has 164 valence electrons. The van der Waals surface area contributed by atoms with Gasteiger partial charge in [0.15, 0.2) is 29.4 Å². The Morgan fingerprint density at radius 1 is 1.16 bits per heavy atom. The lowest BCUT2D eigenvalue weighted by molar-refractivity contribution is -0.137. The number of aromatic nitrogens is 3. The van der Waals surface area contributed by atoms with E-state index in [0.717, 1.165) is 30.9 Å². The molecule has 0 aliphatic carbocycles. The fourth-order valence-corrected chi connectivity index (χ4v) is 3.06. The van der Waals surface area contributed by atoms with Crippen LogP contribution in [0.25, 0.3) is 11.5 Å². The van der Waals surface area contributed by atoms with Gasteiger partial charge in [0.2, 0.25) is 0 Å². The van der Waals surface area contributed by atoms with Crippen LogP contribution in [0.4, 0.5) is 22.0 Å². The molecule has 0 saturated carbocycles. The first-order chi connectivity index (χ1) is 14.5. The molecule has 0 aliphatic rings. The van der Waals surface area contributed by atoms with E-state index < -0.39 is 30.3 Å². The van der Waals surface area contributed by atoms with Crippen molar-refractivity contribution in [1.82, 2.24) is 20.3 Å². The molecule has 0 spiro atoms. The summed E-state index contributed by atoms with van der Waals surface area (Å²) in [5.74, 6) is -0.932. The third kappa shape index (κ3) is 5.54. The Morgan fingerprint density at radius 3 is 2.45 bits per heavy atom. The molecule has 13 heteroatoms. The number of carbonyl (C=O) groups is 1. The van der Waals surface area contributed by atoms with Gasteiger partial charge in [-0.1, -0.05) is 15.9 Å². The van der Waals surface area contributed by atoms with Gasteiger partial charge in [-0.15, -0.1) is 0 Å². The molecule has 0 saturated heterocycles. The summed E-state index contributed by atoms with van der Waals surface area (Å²) in [6.07, 6.45) is -1.55. The van der Waals surface area contributed by atoms with E-state index in [1.807, 2.05) is 0 Å². The van der Waals surface area contributed by atoms with Gasteiger partial charge < -0.3 is 14.5 Å². The summed E-state index contributed by atoms with van der Waals surface area (Å²) in [4.78, 5) is 24.2. The lowest BCUT2D eigenvalue weighted by Crippen LogP contribution is -2.27. The van der Waals surface area contributed by atoms with Crippen molar-refractivity contribution in [3.8, 4) is 17.3 Å². The van der Waals surface area contributed by atoms with Gasteiger partial charge in [0.1, 0.15) is 0 Å². The Morgan fingerprint density at radius 2 is 1.84 bits per heavy atom. The molecule has 1 unspecified atom stereocenters. The monoisotopic (exact) mass is 506 g/mol. The second-order valence-corrected chi connectivity index (χ2v) is 7.02. The summed E-state index contributed by atoms with van der Waals surface area (Å²) in [6.45, 7) is -1.53. The van der Waals surface area contributed by atoms with E-state index in [0.29, 0.717) is 0 Å². The van der Waals surface area contributed by atoms with Gasteiger partial charge in [0, 0.05) is 10.0 Å². The summed E-state index contributed by atoms with van der Waals surface area (Å²) in [5.41, 5.74) is -1.10. The number of rotatable bonds is 6. The normalized spacial score (nSPS) is 12.6. The minimum absolute atomic E-state index is 0.00767. The summed E-state index contributed by atoms with van der Waals surface area (Å²) in [6, 6.07) is 1.98. The molecular formula is C18H12BrF5N4O3. The molecule has 3 aromatic rings. The van der Waals surface area contributed by atoms with Crippen LogP contribution in [0.3, 0.4) is 0 Å². The Kier molecular flexibility index (Phi) is 6.53. The lowest BCUT2D eigenvalue weighted by atomic mass is 10.1. The minimum atomic E-state index is -4.62. The predicted molar refractivity (Wildman–Crippen MR) is 99.2 cm³/mol. The Bertz CT molecular complexity index is 1070. The van der Waals surface area contributed by atoms with Crippen LogP contribution in [0.1, 0.15) is 34.6 Å². The number of halogens is 6. The number of nitrogens with one attached hydrogen (secondary N) is 1. The largest absolute Gasteiger partial charge is 0.446 e. The average molecular weight is 507 g/mol. The fourth-order valence-electron chi connectivity index (χ4n) is 2.56. The maximum atomic E-state index is 13.0. The van der Waals surface area contributed by atoms with E-state index in [1.54, 1.807) is 0 Å². The van der Waals surface area contributed by atoms with Crippen molar-refractivity contribution in [2.24, 2.45) is 0 Å². The quantitative estimate of drug-likeness (QED) is 0.473. The van der Waals surface area contributed by atoms with Crippen molar-refractivity contribution in [1.29, 1.82) is 0 Å².